The molecule has 1 aromatic carbocycles. The number of hydrogen-bond donors (Lipinski definition) is 1. The molecule has 0 spiro atoms. The molecule has 1 aliphatic heterocycles. The molecule has 0 radical (unpaired) electrons. The molecule has 0 bridgehead atoms. The Bertz CT molecular complexity index is 585. The summed E-state index contributed by atoms with van der Waals surface area (Å²) in [6, 6.07) is 5.32. The molecule has 0 amide bonds. The lowest BCUT2D eigenvalue weighted by Gasteiger charge is -2.38. The predicted octanol–water partition coefficient (Wildman–Crippen LogP) is 1.58. The van der Waals surface area contributed by atoms with E-state index in [1.807, 2.05) is 19.9 Å². The minimum atomic E-state index is -2.91. The van der Waals surface area contributed by atoms with E-state index in [2.05, 4.69) is 4.90 Å². The third kappa shape index (κ3) is 3.07. The van der Waals surface area contributed by atoms with Gasteiger partial charge in [-0.05, 0) is 31.5 Å². The number of rotatable bonds is 3. The maximum Gasteiger partial charge on any atom is 0.160 e. The van der Waals surface area contributed by atoms with E-state index >= 15 is 0 Å². The van der Waals surface area contributed by atoms with Crippen molar-refractivity contribution in [3.8, 4) is 11.5 Å². The van der Waals surface area contributed by atoms with Crippen molar-refractivity contribution in [2.45, 2.75) is 25.9 Å². The largest absolute Gasteiger partial charge is 0.504 e. The second kappa shape index (κ2) is 5.61. The monoisotopic (exact) mass is 299 g/mol. The van der Waals surface area contributed by atoms with Gasteiger partial charge in [0.15, 0.2) is 21.3 Å². The summed E-state index contributed by atoms with van der Waals surface area (Å²) in [5.74, 6) is 0.952. The van der Waals surface area contributed by atoms with E-state index in [9.17, 15) is 13.5 Å². The lowest BCUT2D eigenvalue weighted by molar-refractivity contribution is 0.169. The summed E-state index contributed by atoms with van der Waals surface area (Å²) in [6.45, 7) is 4.51. The van der Waals surface area contributed by atoms with Crippen molar-refractivity contribution in [2.24, 2.45) is 0 Å². The number of sulfone groups is 1. The van der Waals surface area contributed by atoms with Crippen LogP contribution >= 0.6 is 0 Å². The van der Waals surface area contributed by atoms with Crippen LogP contribution in [0.5, 0.6) is 11.5 Å². The normalized spacial score (nSPS) is 24.2. The van der Waals surface area contributed by atoms with E-state index in [0.29, 0.717) is 12.3 Å². The van der Waals surface area contributed by atoms with Crippen molar-refractivity contribution in [2.75, 3.05) is 25.2 Å². The van der Waals surface area contributed by atoms with Gasteiger partial charge >= 0.3 is 0 Å². The van der Waals surface area contributed by atoms with Crippen LogP contribution in [0.2, 0.25) is 0 Å². The van der Waals surface area contributed by atoms with Crippen LogP contribution in [0.15, 0.2) is 18.2 Å². The lowest BCUT2D eigenvalue weighted by Crippen LogP contribution is -2.47. The molecular formula is C14H21NO4S. The van der Waals surface area contributed by atoms with Gasteiger partial charge in [0, 0.05) is 18.6 Å². The molecule has 1 heterocycles. The van der Waals surface area contributed by atoms with E-state index in [1.54, 1.807) is 12.1 Å². The fraction of sp³-hybridized carbons (Fsp3) is 0.571. The van der Waals surface area contributed by atoms with Gasteiger partial charge in [0.25, 0.3) is 0 Å². The zero-order valence-corrected chi connectivity index (χ0v) is 12.9. The zero-order chi connectivity index (χ0) is 14.9. The minimum absolute atomic E-state index is 0.0106. The maximum atomic E-state index is 11.6. The highest BCUT2D eigenvalue weighted by Gasteiger charge is 2.31. The quantitative estimate of drug-likeness (QED) is 0.918. The Morgan fingerprint density at radius 2 is 2.15 bits per heavy atom. The van der Waals surface area contributed by atoms with Crippen molar-refractivity contribution in [3.05, 3.63) is 23.8 Å². The standard InChI is InChI=1S/C14H21NO4S/c1-10-9-20(17,18)7-6-15(10)11(2)12-4-5-13(16)14(8-12)19-3/h4-5,8,10-11,16H,6-7,9H2,1-3H3. The molecule has 0 aliphatic carbocycles. The van der Waals surface area contributed by atoms with Gasteiger partial charge in [-0.1, -0.05) is 6.07 Å². The molecule has 1 fully saturated rings. The first-order valence-corrected chi connectivity index (χ1v) is 8.49. The molecule has 112 valence electrons. The molecule has 1 aromatic rings. The van der Waals surface area contributed by atoms with Crippen molar-refractivity contribution < 1.29 is 18.3 Å². The molecular weight excluding hydrogens is 278 g/mol. The number of phenols is 1. The Morgan fingerprint density at radius 3 is 2.75 bits per heavy atom. The third-order valence-electron chi connectivity index (χ3n) is 3.91. The van der Waals surface area contributed by atoms with Crippen molar-refractivity contribution in [1.29, 1.82) is 0 Å². The van der Waals surface area contributed by atoms with Gasteiger partial charge in [-0.2, -0.15) is 0 Å². The summed E-state index contributed by atoms with van der Waals surface area (Å²) in [6.07, 6.45) is 0. The molecule has 2 unspecified atom stereocenters. The highest BCUT2D eigenvalue weighted by Crippen LogP contribution is 2.32. The Kier molecular flexibility index (Phi) is 4.25. The van der Waals surface area contributed by atoms with Gasteiger partial charge in [-0.3, -0.25) is 4.90 Å². The molecule has 0 saturated carbocycles. The van der Waals surface area contributed by atoms with Crippen molar-refractivity contribution >= 4 is 9.84 Å². The summed E-state index contributed by atoms with van der Waals surface area (Å²) < 4.78 is 28.4. The van der Waals surface area contributed by atoms with Gasteiger partial charge in [-0.15, -0.1) is 0 Å². The smallest absolute Gasteiger partial charge is 0.160 e. The molecule has 2 rings (SSSR count). The van der Waals surface area contributed by atoms with Gasteiger partial charge in [-0.25, -0.2) is 8.42 Å². The molecule has 2 atom stereocenters. The zero-order valence-electron chi connectivity index (χ0n) is 12.0. The second-order valence-electron chi connectivity index (χ2n) is 5.31. The topological polar surface area (TPSA) is 66.8 Å². The molecule has 1 aliphatic rings. The SMILES string of the molecule is COc1cc(C(C)N2CCS(=O)(=O)CC2C)ccc1O. The number of benzene rings is 1. The fourth-order valence-electron chi connectivity index (χ4n) is 2.73. The van der Waals surface area contributed by atoms with E-state index in [4.69, 9.17) is 4.74 Å². The maximum absolute atomic E-state index is 11.6. The van der Waals surface area contributed by atoms with Crippen LogP contribution in [0.3, 0.4) is 0 Å². The van der Waals surface area contributed by atoms with Crippen molar-refractivity contribution in [1.82, 2.24) is 4.90 Å². The van der Waals surface area contributed by atoms with Gasteiger partial charge in [0.2, 0.25) is 0 Å². The number of phenolic OH excluding ortho intramolecular Hbond substituents is 1. The van der Waals surface area contributed by atoms with E-state index < -0.39 is 9.84 Å². The van der Waals surface area contributed by atoms with Gasteiger partial charge in [0.1, 0.15) is 0 Å². The Hall–Kier alpha value is -1.27. The minimum Gasteiger partial charge on any atom is -0.504 e. The van der Waals surface area contributed by atoms with Crippen LogP contribution in [0.1, 0.15) is 25.5 Å². The van der Waals surface area contributed by atoms with Crippen LogP contribution < -0.4 is 4.74 Å². The summed E-state index contributed by atoms with van der Waals surface area (Å²) >= 11 is 0. The average molecular weight is 299 g/mol. The molecule has 20 heavy (non-hydrogen) atoms. The Labute approximate surface area is 120 Å². The number of methoxy groups -OCH3 is 1. The highest BCUT2D eigenvalue weighted by atomic mass is 32.2. The summed E-state index contributed by atoms with van der Waals surface area (Å²) in [4.78, 5) is 2.17. The van der Waals surface area contributed by atoms with Gasteiger partial charge in [0.05, 0.1) is 18.6 Å². The number of aromatic hydroxyl groups is 1. The highest BCUT2D eigenvalue weighted by molar-refractivity contribution is 7.91. The first-order valence-electron chi connectivity index (χ1n) is 6.67. The van der Waals surface area contributed by atoms with Crippen molar-refractivity contribution in [3.63, 3.8) is 0 Å². The number of ether oxygens (including phenoxy) is 1. The lowest BCUT2D eigenvalue weighted by atomic mass is 10.0. The first kappa shape index (κ1) is 15.1. The molecule has 6 heteroatoms. The molecule has 1 saturated heterocycles. The molecule has 0 aromatic heterocycles. The Morgan fingerprint density at radius 1 is 1.45 bits per heavy atom. The first-order chi connectivity index (χ1) is 9.34. The van der Waals surface area contributed by atoms with Crippen LogP contribution in [-0.4, -0.2) is 49.6 Å². The van der Waals surface area contributed by atoms with Gasteiger partial charge < -0.3 is 9.84 Å². The predicted molar refractivity (Wildman–Crippen MR) is 77.9 cm³/mol. The van der Waals surface area contributed by atoms with Crippen LogP contribution in [0, 0.1) is 0 Å². The number of nitrogens with zero attached hydrogens (tertiary/aromatic N) is 1. The van der Waals surface area contributed by atoms with E-state index in [0.717, 1.165) is 5.56 Å². The van der Waals surface area contributed by atoms with E-state index in [1.165, 1.54) is 7.11 Å². The second-order valence-corrected chi connectivity index (χ2v) is 7.54. The van der Waals surface area contributed by atoms with E-state index in [-0.39, 0.29) is 29.3 Å². The third-order valence-corrected chi connectivity index (χ3v) is 5.70. The van der Waals surface area contributed by atoms with Crippen LogP contribution in [0.25, 0.3) is 0 Å². The average Bonchev–Trinajstić information content (AvgIpc) is 2.37. The number of hydrogen-bond acceptors (Lipinski definition) is 5. The summed E-state index contributed by atoms with van der Waals surface area (Å²) in [7, 11) is -1.39. The fourth-order valence-corrected chi connectivity index (χ4v) is 4.31. The molecule has 1 N–H and O–H groups in total. The summed E-state index contributed by atoms with van der Waals surface area (Å²) in [5.41, 5.74) is 1.01. The van der Waals surface area contributed by atoms with Crippen LogP contribution in [-0.2, 0) is 9.84 Å². The van der Waals surface area contributed by atoms with Crippen LogP contribution in [0.4, 0.5) is 0 Å². The Balaban J connectivity index is 2.21. The molecule has 5 nitrogen and oxygen atoms in total. The summed E-state index contributed by atoms with van der Waals surface area (Å²) in [5, 5.41) is 9.63.